The zero-order valence-corrected chi connectivity index (χ0v) is 10.6. The molecule has 3 N–H and O–H groups in total. The van der Waals surface area contributed by atoms with E-state index in [0.717, 1.165) is 18.6 Å². The van der Waals surface area contributed by atoms with Gasteiger partial charge in [-0.25, -0.2) is 8.78 Å². The van der Waals surface area contributed by atoms with Gasteiger partial charge in [-0.1, -0.05) is 19.4 Å². The molecule has 0 aliphatic carbocycles. The lowest BCUT2D eigenvalue weighted by Gasteiger charge is -2.22. The highest BCUT2D eigenvalue weighted by Crippen LogP contribution is 2.11. The first-order valence-electron chi connectivity index (χ1n) is 5.88. The Balaban J connectivity index is 2.62. The highest BCUT2D eigenvalue weighted by atomic mass is 19.1. The van der Waals surface area contributed by atoms with Crippen LogP contribution in [0.5, 0.6) is 0 Å². The molecule has 1 rings (SSSR count). The molecule has 100 valence electrons. The Morgan fingerprint density at radius 2 is 2.11 bits per heavy atom. The Bertz CT molecular complexity index is 433. The van der Waals surface area contributed by atoms with Crippen LogP contribution in [0.4, 0.5) is 8.78 Å². The predicted molar refractivity (Wildman–Crippen MR) is 65.7 cm³/mol. The highest BCUT2D eigenvalue weighted by molar-refractivity contribution is 5.85. The quantitative estimate of drug-likeness (QED) is 0.847. The van der Waals surface area contributed by atoms with Crippen LogP contribution in [0.1, 0.15) is 32.3 Å². The van der Waals surface area contributed by atoms with Gasteiger partial charge in [-0.15, -0.1) is 0 Å². The maximum atomic E-state index is 13.3. The van der Waals surface area contributed by atoms with Crippen molar-refractivity contribution < 1.29 is 13.6 Å². The van der Waals surface area contributed by atoms with Gasteiger partial charge in [-0.05, 0) is 19.4 Å². The summed E-state index contributed by atoms with van der Waals surface area (Å²) in [5, 5.41) is 2.56. The third kappa shape index (κ3) is 3.77. The SMILES string of the molecule is CCCC(C)(N)C(=O)NCc1ccc(F)cc1F. The monoisotopic (exact) mass is 256 g/mol. The molecule has 1 atom stereocenters. The molecule has 0 fully saturated rings. The molecular weight excluding hydrogens is 238 g/mol. The number of amides is 1. The van der Waals surface area contributed by atoms with E-state index in [1.807, 2.05) is 6.92 Å². The van der Waals surface area contributed by atoms with E-state index in [1.54, 1.807) is 6.92 Å². The minimum Gasteiger partial charge on any atom is -0.350 e. The molecule has 0 aliphatic rings. The van der Waals surface area contributed by atoms with Crippen LogP contribution in [0.2, 0.25) is 0 Å². The second-order valence-electron chi connectivity index (χ2n) is 4.59. The summed E-state index contributed by atoms with van der Waals surface area (Å²) in [5.41, 5.74) is 5.10. The lowest BCUT2D eigenvalue weighted by molar-refractivity contribution is -0.126. The molecule has 3 nitrogen and oxygen atoms in total. The second kappa shape index (κ2) is 5.91. The first kappa shape index (κ1) is 14.6. The second-order valence-corrected chi connectivity index (χ2v) is 4.59. The summed E-state index contributed by atoms with van der Waals surface area (Å²) >= 11 is 0. The number of hydrogen-bond donors (Lipinski definition) is 2. The van der Waals surface area contributed by atoms with Crippen molar-refractivity contribution in [1.82, 2.24) is 5.32 Å². The molecule has 0 bridgehead atoms. The largest absolute Gasteiger partial charge is 0.350 e. The number of carbonyl (C=O) groups excluding carboxylic acids is 1. The minimum atomic E-state index is -0.967. The van der Waals surface area contributed by atoms with Gasteiger partial charge >= 0.3 is 0 Å². The van der Waals surface area contributed by atoms with Crippen molar-refractivity contribution in [1.29, 1.82) is 0 Å². The average molecular weight is 256 g/mol. The predicted octanol–water partition coefficient (Wildman–Crippen LogP) is 2.10. The normalized spacial score (nSPS) is 14.1. The number of halogens is 2. The highest BCUT2D eigenvalue weighted by Gasteiger charge is 2.26. The summed E-state index contributed by atoms with van der Waals surface area (Å²) < 4.78 is 26.0. The Morgan fingerprint density at radius 3 is 2.67 bits per heavy atom. The van der Waals surface area contributed by atoms with Crippen molar-refractivity contribution in [2.45, 2.75) is 38.8 Å². The van der Waals surface area contributed by atoms with Crippen molar-refractivity contribution in [2.75, 3.05) is 0 Å². The molecule has 1 amide bonds. The van der Waals surface area contributed by atoms with Crippen molar-refractivity contribution in [3.8, 4) is 0 Å². The Hall–Kier alpha value is -1.49. The summed E-state index contributed by atoms with van der Waals surface area (Å²) in [6, 6.07) is 3.24. The smallest absolute Gasteiger partial charge is 0.240 e. The molecule has 1 aromatic carbocycles. The van der Waals surface area contributed by atoms with E-state index in [4.69, 9.17) is 5.73 Å². The summed E-state index contributed by atoms with van der Waals surface area (Å²) in [7, 11) is 0. The summed E-state index contributed by atoms with van der Waals surface area (Å²) in [6.45, 7) is 3.56. The van der Waals surface area contributed by atoms with Crippen LogP contribution in [0.25, 0.3) is 0 Å². The Morgan fingerprint density at radius 1 is 1.44 bits per heavy atom. The Labute approximate surface area is 105 Å². The summed E-state index contributed by atoms with van der Waals surface area (Å²) in [4.78, 5) is 11.8. The molecule has 5 heteroatoms. The number of nitrogens with two attached hydrogens (primary N) is 1. The summed E-state index contributed by atoms with van der Waals surface area (Å²) in [6.07, 6.45) is 1.33. The van der Waals surface area contributed by atoms with Gasteiger partial charge in [0.2, 0.25) is 5.91 Å². The van der Waals surface area contributed by atoms with Crippen molar-refractivity contribution in [3.05, 3.63) is 35.4 Å². The van der Waals surface area contributed by atoms with Crippen molar-refractivity contribution >= 4 is 5.91 Å². The van der Waals surface area contributed by atoms with Gasteiger partial charge in [0, 0.05) is 18.2 Å². The van der Waals surface area contributed by atoms with Gasteiger partial charge in [-0.2, -0.15) is 0 Å². The van der Waals surface area contributed by atoms with Gasteiger partial charge in [-0.3, -0.25) is 4.79 Å². The first-order chi connectivity index (χ1) is 8.36. The van der Waals surface area contributed by atoms with Crippen LogP contribution in [0.15, 0.2) is 18.2 Å². The number of carbonyl (C=O) groups is 1. The van der Waals surface area contributed by atoms with E-state index >= 15 is 0 Å². The van der Waals surface area contributed by atoms with Crippen LogP contribution in [0, 0.1) is 11.6 Å². The number of rotatable bonds is 5. The van der Waals surface area contributed by atoms with E-state index in [0.29, 0.717) is 6.42 Å². The van der Waals surface area contributed by atoms with Gasteiger partial charge in [0.05, 0.1) is 5.54 Å². The van der Waals surface area contributed by atoms with Crippen LogP contribution in [-0.4, -0.2) is 11.4 Å². The molecule has 0 aromatic heterocycles. The van der Waals surface area contributed by atoms with Gasteiger partial charge in [0.25, 0.3) is 0 Å². The number of hydrogen-bond acceptors (Lipinski definition) is 2. The van der Waals surface area contributed by atoms with E-state index in [-0.39, 0.29) is 18.0 Å². The number of nitrogens with one attached hydrogen (secondary N) is 1. The van der Waals surface area contributed by atoms with Crippen LogP contribution in [-0.2, 0) is 11.3 Å². The molecular formula is C13H18F2N2O. The molecule has 0 heterocycles. The molecule has 1 aromatic rings. The standard InChI is InChI=1S/C13H18F2N2O/c1-3-6-13(2,16)12(18)17-8-9-4-5-10(14)7-11(9)15/h4-5,7H,3,6,8,16H2,1-2H3,(H,17,18). The van der Waals surface area contributed by atoms with E-state index in [1.165, 1.54) is 6.07 Å². The molecule has 18 heavy (non-hydrogen) atoms. The average Bonchev–Trinajstić information content (AvgIpc) is 2.27. The zero-order chi connectivity index (χ0) is 13.8. The lowest BCUT2D eigenvalue weighted by atomic mass is 9.96. The fraction of sp³-hybridized carbons (Fsp3) is 0.462. The van der Waals surface area contributed by atoms with Crippen molar-refractivity contribution in [2.24, 2.45) is 5.73 Å². The van der Waals surface area contributed by atoms with Gasteiger partial charge < -0.3 is 11.1 Å². The molecule has 0 saturated heterocycles. The fourth-order valence-electron chi connectivity index (χ4n) is 1.68. The van der Waals surface area contributed by atoms with Crippen LogP contribution >= 0.6 is 0 Å². The maximum absolute atomic E-state index is 13.3. The minimum absolute atomic E-state index is 0.00144. The molecule has 1 unspecified atom stereocenters. The first-order valence-corrected chi connectivity index (χ1v) is 5.88. The topological polar surface area (TPSA) is 55.1 Å². The lowest BCUT2D eigenvalue weighted by Crippen LogP contribution is -2.51. The van der Waals surface area contributed by atoms with E-state index in [2.05, 4.69) is 5.32 Å². The number of benzene rings is 1. The maximum Gasteiger partial charge on any atom is 0.240 e. The van der Waals surface area contributed by atoms with Crippen molar-refractivity contribution in [3.63, 3.8) is 0 Å². The van der Waals surface area contributed by atoms with Gasteiger partial charge in [0.15, 0.2) is 0 Å². The van der Waals surface area contributed by atoms with E-state index in [9.17, 15) is 13.6 Å². The van der Waals surface area contributed by atoms with E-state index < -0.39 is 17.2 Å². The van der Waals surface area contributed by atoms with Crippen LogP contribution in [0.3, 0.4) is 0 Å². The van der Waals surface area contributed by atoms with Crippen LogP contribution < -0.4 is 11.1 Å². The molecule has 0 aliphatic heterocycles. The summed E-state index contributed by atoms with van der Waals surface area (Å²) in [5.74, 6) is -1.66. The third-order valence-electron chi connectivity index (χ3n) is 2.74. The molecule has 0 radical (unpaired) electrons. The van der Waals surface area contributed by atoms with Gasteiger partial charge in [0.1, 0.15) is 11.6 Å². The third-order valence-corrected chi connectivity index (χ3v) is 2.74. The zero-order valence-electron chi connectivity index (χ0n) is 10.6. The molecule has 0 saturated carbocycles. The molecule has 0 spiro atoms. The Kier molecular flexibility index (Phi) is 4.78. The fourth-order valence-corrected chi connectivity index (χ4v) is 1.68.